The minimum atomic E-state index is -3.57. The highest BCUT2D eigenvalue weighted by Gasteiger charge is 2.13. The van der Waals surface area contributed by atoms with Gasteiger partial charge in [0.1, 0.15) is 16.7 Å². The first-order valence-electron chi connectivity index (χ1n) is 5.03. The molecular formula is C10H13N3O3S. The molecule has 0 aliphatic rings. The molecular weight excluding hydrogens is 242 g/mol. The van der Waals surface area contributed by atoms with E-state index >= 15 is 0 Å². The van der Waals surface area contributed by atoms with Gasteiger partial charge in [0.2, 0.25) is 10.0 Å². The fraction of sp³-hybridized carbons (Fsp3) is 0.400. The molecule has 0 radical (unpaired) electrons. The van der Waals surface area contributed by atoms with Crippen molar-refractivity contribution in [2.45, 2.75) is 11.8 Å². The molecule has 0 bridgehead atoms. The highest BCUT2D eigenvalue weighted by Crippen LogP contribution is 2.06. The number of aromatic nitrogens is 1. The Morgan fingerprint density at radius 2 is 2.29 bits per heavy atom. The largest absolute Gasteiger partial charge is 0.380 e. The molecule has 0 aliphatic carbocycles. The van der Waals surface area contributed by atoms with E-state index < -0.39 is 10.0 Å². The first-order valence-corrected chi connectivity index (χ1v) is 6.52. The Balaban J connectivity index is 2.66. The summed E-state index contributed by atoms with van der Waals surface area (Å²) >= 11 is 0. The zero-order valence-electron chi connectivity index (χ0n) is 9.38. The van der Waals surface area contributed by atoms with Crippen LogP contribution in [0.15, 0.2) is 23.2 Å². The summed E-state index contributed by atoms with van der Waals surface area (Å²) in [6.07, 6.45) is 1.15. The second-order valence-corrected chi connectivity index (χ2v) is 4.85. The summed E-state index contributed by atoms with van der Waals surface area (Å²) in [5, 5.41) is 8.54. The third-order valence-electron chi connectivity index (χ3n) is 1.90. The molecule has 0 amide bonds. The van der Waals surface area contributed by atoms with Gasteiger partial charge in [-0.05, 0) is 19.1 Å². The molecule has 0 aliphatic heterocycles. The standard InChI is InChI=1S/C10H13N3O3S/c1-2-16-6-5-13-17(14,15)10-4-3-9(7-11)12-8-10/h3-4,8,13H,2,5-6H2,1H3. The lowest BCUT2D eigenvalue weighted by atomic mass is 10.4. The van der Waals surface area contributed by atoms with Crippen molar-refractivity contribution in [3.05, 3.63) is 24.0 Å². The fourth-order valence-electron chi connectivity index (χ4n) is 1.08. The molecule has 0 spiro atoms. The molecule has 6 nitrogen and oxygen atoms in total. The number of hydrogen-bond donors (Lipinski definition) is 1. The zero-order valence-corrected chi connectivity index (χ0v) is 10.2. The second kappa shape index (κ2) is 6.30. The van der Waals surface area contributed by atoms with Gasteiger partial charge in [-0.15, -0.1) is 0 Å². The van der Waals surface area contributed by atoms with E-state index in [2.05, 4.69) is 9.71 Å². The number of hydrogen-bond acceptors (Lipinski definition) is 5. The van der Waals surface area contributed by atoms with Gasteiger partial charge in [0.25, 0.3) is 0 Å². The van der Waals surface area contributed by atoms with Crippen LogP contribution in [-0.4, -0.2) is 33.2 Å². The van der Waals surface area contributed by atoms with Crippen LogP contribution in [0.2, 0.25) is 0 Å². The van der Waals surface area contributed by atoms with Gasteiger partial charge >= 0.3 is 0 Å². The highest BCUT2D eigenvalue weighted by molar-refractivity contribution is 7.89. The van der Waals surface area contributed by atoms with Crippen LogP contribution < -0.4 is 4.72 Å². The van der Waals surface area contributed by atoms with Crippen LogP contribution in [0.25, 0.3) is 0 Å². The molecule has 0 aromatic carbocycles. The summed E-state index contributed by atoms with van der Waals surface area (Å²) in [6.45, 7) is 2.90. The van der Waals surface area contributed by atoms with Crippen LogP contribution in [0.3, 0.4) is 0 Å². The molecule has 1 N–H and O–H groups in total. The van der Waals surface area contributed by atoms with Gasteiger partial charge in [-0.1, -0.05) is 0 Å². The van der Waals surface area contributed by atoms with Crippen molar-refractivity contribution in [2.75, 3.05) is 19.8 Å². The maximum Gasteiger partial charge on any atom is 0.242 e. The number of ether oxygens (including phenoxy) is 1. The van der Waals surface area contributed by atoms with Gasteiger partial charge in [0.05, 0.1) is 6.61 Å². The van der Waals surface area contributed by atoms with E-state index in [9.17, 15) is 8.42 Å². The van der Waals surface area contributed by atoms with Crippen molar-refractivity contribution in [1.82, 2.24) is 9.71 Å². The number of rotatable bonds is 6. The normalized spacial score (nSPS) is 11.1. The summed E-state index contributed by atoms with van der Waals surface area (Å²) in [7, 11) is -3.57. The first kappa shape index (κ1) is 13.6. The lowest BCUT2D eigenvalue weighted by Gasteiger charge is -2.06. The molecule has 0 fully saturated rings. The van der Waals surface area contributed by atoms with Crippen LogP contribution in [0.5, 0.6) is 0 Å². The SMILES string of the molecule is CCOCCNS(=O)(=O)c1ccc(C#N)nc1. The third-order valence-corrected chi connectivity index (χ3v) is 3.35. The molecule has 1 aromatic heterocycles. The van der Waals surface area contributed by atoms with Crippen molar-refractivity contribution in [2.24, 2.45) is 0 Å². The number of nitrogens with zero attached hydrogens (tertiary/aromatic N) is 2. The molecule has 1 heterocycles. The van der Waals surface area contributed by atoms with Gasteiger partial charge < -0.3 is 4.74 Å². The minimum Gasteiger partial charge on any atom is -0.380 e. The monoisotopic (exact) mass is 255 g/mol. The van der Waals surface area contributed by atoms with Crippen molar-refractivity contribution < 1.29 is 13.2 Å². The Hall–Kier alpha value is -1.49. The second-order valence-electron chi connectivity index (χ2n) is 3.09. The molecule has 17 heavy (non-hydrogen) atoms. The Morgan fingerprint density at radius 3 is 2.82 bits per heavy atom. The maximum atomic E-state index is 11.7. The Bertz CT molecular complexity index is 491. The minimum absolute atomic E-state index is 0.0352. The van der Waals surface area contributed by atoms with E-state index in [4.69, 9.17) is 10.00 Å². The molecule has 0 atom stereocenters. The molecule has 92 valence electrons. The smallest absolute Gasteiger partial charge is 0.242 e. The van der Waals surface area contributed by atoms with Crippen molar-refractivity contribution >= 4 is 10.0 Å². The zero-order chi connectivity index (χ0) is 12.7. The maximum absolute atomic E-state index is 11.7. The van der Waals surface area contributed by atoms with E-state index in [1.807, 2.05) is 13.0 Å². The van der Waals surface area contributed by atoms with E-state index in [1.165, 1.54) is 12.1 Å². The number of sulfonamides is 1. The Morgan fingerprint density at radius 1 is 1.53 bits per heavy atom. The predicted octanol–water partition coefficient (Wildman–Crippen LogP) is 0.268. The van der Waals surface area contributed by atoms with Crippen LogP contribution in [0.4, 0.5) is 0 Å². The highest BCUT2D eigenvalue weighted by atomic mass is 32.2. The van der Waals surface area contributed by atoms with Gasteiger partial charge in [-0.3, -0.25) is 0 Å². The average molecular weight is 255 g/mol. The van der Waals surface area contributed by atoms with E-state index in [-0.39, 0.29) is 17.1 Å². The quantitative estimate of drug-likeness (QED) is 0.736. The fourth-order valence-corrected chi connectivity index (χ4v) is 2.04. The third kappa shape index (κ3) is 4.11. The molecule has 0 unspecified atom stereocenters. The predicted molar refractivity (Wildman–Crippen MR) is 60.6 cm³/mol. The first-order chi connectivity index (χ1) is 8.10. The number of nitriles is 1. The lowest BCUT2D eigenvalue weighted by Crippen LogP contribution is -2.27. The summed E-state index contributed by atoms with van der Waals surface area (Å²) in [5.41, 5.74) is 0.179. The molecule has 1 aromatic rings. The van der Waals surface area contributed by atoms with Crippen LogP contribution in [-0.2, 0) is 14.8 Å². The van der Waals surface area contributed by atoms with E-state index in [0.29, 0.717) is 13.2 Å². The van der Waals surface area contributed by atoms with Crippen LogP contribution in [0.1, 0.15) is 12.6 Å². The summed E-state index contributed by atoms with van der Waals surface area (Å²) in [4.78, 5) is 3.73. The van der Waals surface area contributed by atoms with E-state index in [1.54, 1.807) is 0 Å². The Labute approximate surface area is 100 Å². The topological polar surface area (TPSA) is 92.1 Å². The average Bonchev–Trinajstić information content (AvgIpc) is 2.35. The summed E-state index contributed by atoms with van der Waals surface area (Å²) in [6, 6.07) is 4.52. The van der Waals surface area contributed by atoms with Crippen molar-refractivity contribution in [3.63, 3.8) is 0 Å². The molecule has 1 rings (SSSR count). The lowest BCUT2D eigenvalue weighted by molar-refractivity contribution is 0.153. The number of nitrogens with one attached hydrogen (secondary N) is 1. The van der Waals surface area contributed by atoms with Gasteiger partial charge in [0.15, 0.2) is 0 Å². The molecule has 0 saturated carbocycles. The summed E-state index contributed by atoms with van der Waals surface area (Å²) in [5.74, 6) is 0. The Kier molecular flexibility index (Phi) is 5.03. The molecule has 7 heteroatoms. The van der Waals surface area contributed by atoms with Crippen LogP contribution >= 0.6 is 0 Å². The summed E-state index contributed by atoms with van der Waals surface area (Å²) < 4.78 is 30.8. The van der Waals surface area contributed by atoms with Crippen molar-refractivity contribution in [3.8, 4) is 6.07 Å². The van der Waals surface area contributed by atoms with Gasteiger partial charge in [0, 0.05) is 19.3 Å². The van der Waals surface area contributed by atoms with Gasteiger partial charge in [-0.25, -0.2) is 18.1 Å². The number of pyridine rings is 1. The van der Waals surface area contributed by atoms with Crippen LogP contribution in [0, 0.1) is 11.3 Å². The van der Waals surface area contributed by atoms with Crippen molar-refractivity contribution in [1.29, 1.82) is 5.26 Å². The van der Waals surface area contributed by atoms with E-state index in [0.717, 1.165) is 6.20 Å². The molecule has 0 saturated heterocycles. The van der Waals surface area contributed by atoms with Gasteiger partial charge in [-0.2, -0.15) is 5.26 Å².